The number of unbranched alkanes of at least 4 members (excludes halogenated alkanes) is 1. The molecule has 0 atom stereocenters. The Labute approximate surface area is 127 Å². The highest BCUT2D eigenvalue weighted by Crippen LogP contribution is 2.18. The Bertz CT molecular complexity index is 696. The van der Waals surface area contributed by atoms with Gasteiger partial charge in [0.2, 0.25) is 0 Å². The number of hydrogen-bond donors (Lipinski definition) is 2. The molecular formula is C16H18N2O4+2. The van der Waals surface area contributed by atoms with E-state index in [9.17, 15) is 14.7 Å². The molecule has 6 nitrogen and oxygen atoms in total. The van der Waals surface area contributed by atoms with Crippen molar-refractivity contribution in [2.75, 3.05) is 0 Å². The molecule has 0 saturated heterocycles. The van der Waals surface area contributed by atoms with Crippen LogP contribution in [0.25, 0.3) is 11.1 Å². The molecule has 0 fully saturated rings. The first-order valence-corrected chi connectivity index (χ1v) is 7.05. The normalized spacial score (nSPS) is 10.4. The van der Waals surface area contributed by atoms with E-state index < -0.39 is 12.2 Å². The van der Waals surface area contributed by atoms with Crippen molar-refractivity contribution in [2.24, 2.45) is 0 Å². The minimum atomic E-state index is -1.05. The number of nitrogens with zero attached hydrogens (tertiary/aromatic N) is 2. The van der Waals surface area contributed by atoms with Gasteiger partial charge in [-0.25, -0.2) is 0 Å². The van der Waals surface area contributed by atoms with Crippen LogP contribution < -0.4 is 9.13 Å². The molecule has 0 aliphatic rings. The highest BCUT2D eigenvalue weighted by Gasteiger charge is 2.20. The Hall–Kier alpha value is -2.76. The van der Waals surface area contributed by atoms with E-state index in [2.05, 4.69) is 6.92 Å². The summed E-state index contributed by atoms with van der Waals surface area (Å²) in [7, 11) is 0. The lowest BCUT2D eigenvalue weighted by Gasteiger charge is -2.03. The van der Waals surface area contributed by atoms with Gasteiger partial charge in [0.15, 0.2) is 24.3 Å². The third-order valence-electron chi connectivity index (χ3n) is 3.41. The maximum absolute atomic E-state index is 11.2. The van der Waals surface area contributed by atoms with Gasteiger partial charge in [-0.05, 0) is 17.5 Å². The van der Waals surface area contributed by atoms with Crippen LogP contribution in [-0.2, 0) is 6.42 Å². The van der Waals surface area contributed by atoms with E-state index in [4.69, 9.17) is 5.11 Å². The van der Waals surface area contributed by atoms with E-state index in [0.717, 1.165) is 34.2 Å². The molecule has 6 heteroatoms. The van der Waals surface area contributed by atoms with Crippen molar-refractivity contribution in [1.82, 2.24) is 0 Å². The van der Waals surface area contributed by atoms with E-state index in [0.29, 0.717) is 6.42 Å². The highest BCUT2D eigenvalue weighted by molar-refractivity contribution is 5.63. The molecule has 2 N–H and O–H groups in total. The molecule has 0 unspecified atom stereocenters. The summed E-state index contributed by atoms with van der Waals surface area (Å²) in [6, 6.07) is 6.94. The van der Waals surface area contributed by atoms with Crippen molar-refractivity contribution < 1.29 is 28.9 Å². The largest absolute Gasteiger partial charge is 0.599 e. The summed E-state index contributed by atoms with van der Waals surface area (Å²) in [6.07, 6.45) is 4.96. The molecule has 0 aromatic carbocycles. The molecule has 22 heavy (non-hydrogen) atoms. The van der Waals surface area contributed by atoms with Crippen LogP contribution in [0.15, 0.2) is 42.9 Å². The summed E-state index contributed by atoms with van der Waals surface area (Å²) >= 11 is 0. The Morgan fingerprint density at radius 1 is 1.00 bits per heavy atom. The standard InChI is InChI=1S/C16H16N2O4/c1-2-3-4-14-11-13(7-10-18(14)16(21)22)12-5-8-17(9-6-12)15(19)20/h5-11H,2-4H2,1H3/p+2. The third kappa shape index (κ3) is 3.46. The fraction of sp³-hybridized carbons (Fsp3) is 0.250. The average Bonchev–Trinajstić information content (AvgIpc) is 2.52. The monoisotopic (exact) mass is 302 g/mol. The molecule has 2 heterocycles. The Balaban J connectivity index is 2.38. The first-order chi connectivity index (χ1) is 10.5. The van der Waals surface area contributed by atoms with Gasteiger partial charge in [0, 0.05) is 30.7 Å². The van der Waals surface area contributed by atoms with Crippen LogP contribution in [0.1, 0.15) is 25.5 Å². The summed E-state index contributed by atoms with van der Waals surface area (Å²) in [5, 5.41) is 18.1. The second kappa shape index (κ2) is 6.80. The number of carbonyl (C=O) groups is 2. The van der Waals surface area contributed by atoms with E-state index >= 15 is 0 Å². The molecule has 2 aromatic rings. The zero-order valence-corrected chi connectivity index (χ0v) is 12.3. The molecule has 114 valence electrons. The van der Waals surface area contributed by atoms with Crippen molar-refractivity contribution >= 4 is 12.2 Å². The van der Waals surface area contributed by atoms with Crippen LogP contribution in [0.5, 0.6) is 0 Å². The van der Waals surface area contributed by atoms with Crippen LogP contribution in [0.2, 0.25) is 0 Å². The molecule has 0 amide bonds. The zero-order valence-electron chi connectivity index (χ0n) is 12.3. The Morgan fingerprint density at radius 2 is 1.64 bits per heavy atom. The zero-order chi connectivity index (χ0) is 16.1. The number of carboxylic acid groups (broad SMARTS) is 2. The molecule has 0 bridgehead atoms. The fourth-order valence-corrected chi connectivity index (χ4v) is 2.21. The summed E-state index contributed by atoms with van der Waals surface area (Å²) in [5.74, 6) is 0. The van der Waals surface area contributed by atoms with E-state index in [1.807, 2.05) is 6.07 Å². The van der Waals surface area contributed by atoms with Crippen molar-refractivity contribution in [1.29, 1.82) is 0 Å². The lowest BCUT2D eigenvalue weighted by atomic mass is 10.1. The van der Waals surface area contributed by atoms with Crippen molar-refractivity contribution in [2.45, 2.75) is 26.2 Å². The van der Waals surface area contributed by atoms with Crippen molar-refractivity contribution in [3.05, 3.63) is 48.5 Å². The molecular weight excluding hydrogens is 284 g/mol. The van der Waals surface area contributed by atoms with Crippen LogP contribution in [0.4, 0.5) is 9.59 Å². The summed E-state index contributed by atoms with van der Waals surface area (Å²) < 4.78 is 2.28. The molecule has 0 radical (unpaired) electrons. The summed E-state index contributed by atoms with van der Waals surface area (Å²) in [6.45, 7) is 2.05. The van der Waals surface area contributed by atoms with Gasteiger partial charge in [-0.2, -0.15) is 9.59 Å². The maximum Gasteiger partial charge on any atom is 0.599 e. The van der Waals surface area contributed by atoms with Gasteiger partial charge in [-0.1, -0.05) is 22.5 Å². The molecule has 2 rings (SSSR count). The van der Waals surface area contributed by atoms with Gasteiger partial charge in [-0.15, -0.1) is 0 Å². The fourth-order valence-electron chi connectivity index (χ4n) is 2.21. The first-order valence-electron chi connectivity index (χ1n) is 7.05. The molecule has 2 aromatic heterocycles. The number of rotatable bonds is 4. The molecule has 0 spiro atoms. The lowest BCUT2D eigenvalue weighted by Crippen LogP contribution is -2.45. The molecule has 0 aliphatic heterocycles. The number of pyridine rings is 2. The number of aryl methyl sites for hydroxylation is 1. The average molecular weight is 302 g/mol. The van der Waals surface area contributed by atoms with Crippen LogP contribution in [0.3, 0.4) is 0 Å². The lowest BCUT2D eigenvalue weighted by molar-refractivity contribution is -0.592. The van der Waals surface area contributed by atoms with Gasteiger partial charge in [0.25, 0.3) is 0 Å². The van der Waals surface area contributed by atoms with E-state index in [1.54, 1.807) is 18.2 Å². The summed E-state index contributed by atoms with van der Waals surface area (Å²) in [5.41, 5.74) is 2.43. The predicted octanol–water partition coefficient (Wildman–Crippen LogP) is 2.32. The second-order valence-electron chi connectivity index (χ2n) is 4.94. The Kier molecular flexibility index (Phi) is 4.83. The molecule has 0 aliphatic carbocycles. The quantitative estimate of drug-likeness (QED) is 0.849. The number of hydrogen-bond acceptors (Lipinski definition) is 2. The SMILES string of the molecule is CCCCc1cc(-c2cc[n+](C(=O)O)cc2)cc[n+]1C(=O)O. The maximum atomic E-state index is 11.2. The van der Waals surface area contributed by atoms with Crippen molar-refractivity contribution in [3.8, 4) is 11.1 Å². The number of aromatic nitrogens is 2. The first kappa shape index (κ1) is 15.6. The van der Waals surface area contributed by atoms with Crippen LogP contribution in [0, 0.1) is 0 Å². The highest BCUT2D eigenvalue weighted by atomic mass is 16.4. The minimum absolute atomic E-state index is 0.679. The topological polar surface area (TPSA) is 82.4 Å². The van der Waals surface area contributed by atoms with Crippen molar-refractivity contribution in [3.63, 3.8) is 0 Å². The minimum Gasteiger partial charge on any atom is -0.427 e. The smallest absolute Gasteiger partial charge is 0.427 e. The van der Waals surface area contributed by atoms with Gasteiger partial charge in [0.1, 0.15) is 0 Å². The van der Waals surface area contributed by atoms with E-state index in [-0.39, 0.29) is 0 Å². The van der Waals surface area contributed by atoms with Gasteiger partial charge in [0.05, 0.1) is 0 Å². The van der Waals surface area contributed by atoms with E-state index in [1.165, 1.54) is 23.2 Å². The van der Waals surface area contributed by atoms with Crippen LogP contribution >= 0.6 is 0 Å². The van der Waals surface area contributed by atoms with Crippen LogP contribution in [-0.4, -0.2) is 22.4 Å². The van der Waals surface area contributed by atoms with Gasteiger partial charge >= 0.3 is 12.2 Å². The molecule has 0 saturated carbocycles. The van der Waals surface area contributed by atoms with Gasteiger partial charge in [-0.3, -0.25) is 0 Å². The van der Waals surface area contributed by atoms with Gasteiger partial charge < -0.3 is 10.2 Å². The summed E-state index contributed by atoms with van der Waals surface area (Å²) in [4.78, 5) is 22.1. The second-order valence-corrected chi connectivity index (χ2v) is 4.94. The third-order valence-corrected chi connectivity index (χ3v) is 3.41. The predicted molar refractivity (Wildman–Crippen MR) is 77.7 cm³/mol. The Morgan fingerprint density at radius 3 is 2.18 bits per heavy atom.